The number of ether oxygens (including phenoxy) is 3. The van der Waals surface area contributed by atoms with Crippen LogP contribution in [-0.4, -0.2) is 54.1 Å². The fraction of sp³-hybridized carbons (Fsp3) is 0.333. The van der Waals surface area contributed by atoms with Gasteiger partial charge in [-0.3, -0.25) is 4.79 Å². The number of hydrazone groups is 1. The number of nitrogens with zero attached hydrogens (tertiary/aromatic N) is 1. The quantitative estimate of drug-likeness (QED) is 0.288. The lowest BCUT2D eigenvalue weighted by molar-refractivity contribution is -0.139. The van der Waals surface area contributed by atoms with Crippen LogP contribution in [0.25, 0.3) is 0 Å². The number of hydrogen-bond donors (Lipinski definition) is 3. The molecule has 2 aromatic rings. The molecule has 0 fully saturated rings. The molecule has 2 rings (SSSR count). The predicted molar refractivity (Wildman–Crippen MR) is 132 cm³/mol. The molecule has 1 atom stereocenters. The molecule has 0 unspecified atom stereocenters. The van der Waals surface area contributed by atoms with Crippen LogP contribution in [0, 0.1) is 0 Å². The Kier molecular flexibility index (Phi) is 10.7. The zero-order valence-corrected chi connectivity index (χ0v) is 21.2. The average Bonchev–Trinajstić information content (AvgIpc) is 2.77. The molecule has 0 saturated heterocycles. The van der Waals surface area contributed by atoms with Gasteiger partial charge in [-0.15, -0.1) is 0 Å². The SMILES string of the molecule is CC(C)(C)OC(=O)N[C@@H](COCc1ccccc1)C(=O)N/N=C\c1ccc(OCC(=O)O)c(Br)c1. The van der Waals surface area contributed by atoms with E-state index in [0.717, 1.165) is 5.56 Å². The Morgan fingerprint density at radius 3 is 2.49 bits per heavy atom. The maximum atomic E-state index is 12.7. The Balaban J connectivity index is 1.99. The number of aliphatic carboxylic acids is 1. The van der Waals surface area contributed by atoms with Gasteiger partial charge in [0.05, 0.1) is 23.9 Å². The highest BCUT2D eigenvalue weighted by Crippen LogP contribution is 2.25. The van der Waals surface area contributed by atoms with E-state index in [9.17, 15) is 14.4 Å². The van der Waals surface area contributed by atoms with Crippen LogP contribution < -0.4 is 15.5 Å². The van der Waals surface area contributed by atoms with Crippen LogP contribution >= 0.6 is 15.9 Å². The number of halogens is 1. The Bertz CT molecular complexity index is 1040. The van der Waals surface area contributed by atoms with Gasteiger partial charge in [0.15, 0.2) is 6.61 Å². The van der Waals surface area contributed by atoms with Crippen LogP contribution in [0.3, 0.4) is 0 Å². The van der Waals surface area contributed by atoms with Crippen LogP contribution in [0.1, 0.15) is 31.9 Å². The summed E-state index contributed by atoms with van der Waals surface area (Å²) in [6, 6.07) is 13.2. The lowest BCUT2D eigenvalue weighted by Crippen LogP contribution is -2.49. The molecule has 2 aromatic carbocycles. The van der Waals surface area contributed by atoms with Gasteiger partial charge in [0, 0.05) is 0 Å². The second kappa shape index (κ2) is 13.4. The second-order valence-electron chi connectivity index (χ2n) is 8.31. The number of benzene rings is 2. The summed E-state index contributed by atoms with van der Waals surface area (Å²) in [5.74, 6) is -1.33. The van der Waals surface area contributed by atoms with Crippen molar-refractivity contribution in [1.82, 2.24) is 10.7 Å². The highest BCUT2D eigenvalue weighted by molar-refractivity contribution is 9.10. The van der Waals surface area contributed by atoms with Gasteiger partial charge in [0.25, 0.3) is 5.91 Å². The summed E-state index contributed by atoms with van der Waals surface area (Å²) in [7, 11) is 0. The van der Waals surface area contributed by atoms with Crippen LogP contribution in [0.15, 0.2) is 58.1 Å². The monoisotopic (exact) mass is 549 g/mol. The van der Waals surface area contributed by atoms with E-state index >= 15 is 0 Å². The van der Waals surface area contributed by atoms with Gasteiger partial charge in [-0.1, -0.05) is 30.3 Å². The van der Waals surface area contributed by atoms with E-state index in [1.807, 2.05) is 30.3 Å². The van der Waals surface area contributed by atoms with Gasteiger partial charge in [-0.25, -0.2) is 15.0 Å². The van der Waals surface area contributed by atoms with Crippen molar-refractivity contribution in [3.63, 3.8) is 0 Å². The molecule has 0 aliphatic heterocycles. The van der Waals surface area contributed by atoms with Crippen molar-refractivity contribution in [2.75, 3.05) is 13.2 Å². The smallest absolute Gasteiger partial charge is 0.408 e. The summed E-state index contributed by atoms with van der Waals surface area (Å²) in [5.41, 5.74) is 3.17. The van der Waals surface area contributed by atoms with Crippen molar-refractivity contribution in [3.8, 4) is 5.75 Å². The largest absolute Gasteiger partial charge is 0.481 e. The lowest BCUT2D eigenvalue weighted by Gasteiger charge is -2.22. The lowest BCUT2D eigenvalue weighted by atomic mass is 10.2. The Morgan fingerprint density at radius 1 is 1.14 bits per heavy atom. The predicted octanol–water partition coefficient (Wildman–Crippen LogP) is 3.47. The topological polar surface area (TPSA) is 136 Å². The molecule has 0 radical (unpaired) electrons. The van der Waals surface area contributed by atoms with E-state index < -0.39 is 36.2 Å². The summed E-state index contributed by atoms with van der Waals surface area (Å²) >= 11 is 3.30. The highest BCUT2D eigenvalue weighted by atomic mass is 79.9. The molecular formula is C24H28BrN3O7. The maximum absolute atomic E-state index is 12.7. The van der Waals surface area contributed by atoms with Gasteiger partial charge >= 0.3 is 12.1 Å². The molecule has 0 saturated carbocycles. The van der Waals surface area contributed by atoms with Crippen molar-refractivity contribution in [2.45, 2.75) is 39.0 Å². The van der Waals surface area contributed by atoms with Gasteiger partial charge in [-0.05, 0) is 66.0 Å². The number of carboxylic acids is 1. The third kappa shape index (κ3) is 11.0. The molecule has 3 N–H and O–H groups in total. The minimum atomic E-state index is -1.09. The highest BCUT2D eigenvalue weighted by Gasteiger charge is 2.24. The minimum Gasteiger partial charge on any atom is -0.481 e. The Hall–Kier alpha value is -3.44. The van der Waals surface area contributed by atoms with Crippen LogP contribution in [0.5, 0.6) is 5.75 Å². The number of alkyl carbamates (subject to hydrolysis) is 1. The third-order valence-corrected chi connectivity index (χ3v) is 4.72. The maximum Gasteiger partial charge on any atom is 0.408 e. The van der Waals surface area contributed by atoms with Crippen LogP contribution in [0.2, 0.25) is 0 Å². The average molecular weight is 550 g/mol. The molecule has 0 bridgehead atoms. The van der Waals surface area contributed by atoms with E-state index in [0.29, 0.717) is 15.8 Å². The second-order valence-corrected chi connectivity index (χ2v) is 9.16. The summed E-state index contributed by atoms with van der Waals surface area (Å²) in [5, 5.41) is 15.1. The van der Waals surface area contributed by atoms with Gasteiger partial charge in [-0.2, -0.15) is 5.10 Å². The fourth-order valence-electron chi connectivity index (χ4n) is 2.60. The summed E-state index contributed by atoms with van der Waals surface area (Å²) in [6.07, 6.45) is 0.629. The number of carbonyl (C=O) groups is 3. The first kappa shape index (κ1) is 27.8. The first-order chi connectivity index (χ1) is 16.5. The molecule has 0 heterocycles. The summed E-state index contributed by atoms with van der Waals surface area (Å²) < 4.78 is 16.5. The molecule has 35 heavy (non-hydrogen) atoms. The van der Waals surface area contributed by atoms with Crippen molar-refractivity contribution in [3.05, 3.63) is 64.1 Å². The molecule has 188 valence electrons. The first-order valence-corrected chi connectivity index (χ1v) is 11.4. The normalized spacial score (nSPS) is 12.1. The zero-order chi connectivity index (χ0) is 25.8. The van der Waals surface area contributed by atoms with Crippen LogP contribution in [0.4, 0.5) is 4.79 Å². The van der Waals surface area contributed by atoms with E-state index in [2.05, 4.69) is 31.8 Å². The molecule has 0 aliphatic rings. The van der Waals surface area contributed by atoms with E-state index in [1.165, 1.54) is 6.21 Å². The van der Waals surface area contributed by atoms with Gasteiger partial charge in [0.1, 0.15) is 17.4 Å². The third-order valence-electron chi connectivity index (χ3n) is 4.10. The van der Waals surface area contributed by atoms with Crippen LogP contribution in [-0.2, 0) is 25.7 Å². The molecule has 0 aliphatic carbocycles. The minimum absolute atomic E-state index is 0.101. The Morgan fingerprint density at radius 2 is 1.86 bits per heavy atom. The van der Waals surface area contributed by atoms with Crippen molar-refractivity contribution in [2.24, 2.45) is 5.10 Å². The van der Waals surface area contributed by atoms with Crippen molar-refractivity contribution in [1.29, 1.82) is 0 Å². The zero-order valence-electron chi connectivity index (χ0n) is 19.6. The van der Waals surface area contributed by atoms with E-state index in [4.69, 9.17) is 19.3 Å². The number of carbonyl (C=O) groups excluding carboxylic acids is 2. The first-order valence-electron chi connectivity index (χ1n) is 10.6. The number of nitrogens with one attached hydrogen (secondary N) is 2. The summed E-state index contributed by atoms with van der Waals surface area (Å²) in [6.45, 7) is 4.83. The molecule has 11 heteroatoms. The molecule has 2 amide bonds. The van der Waals surface area contributed by atoms with Gasteiger partial charge in [0.2, 0.25) is 0 Å². The number of amides is 2. The van der Waals surface area contributed by atoms with Gasteiger partial charge < -0.3 is 24.6 Å². The number of hydrogen-bond acceptors (Lipinski definition) is 7. The van der Waals surface area contributed by atoms with E-state index in [-0.39, 0.29) is 13.2 Å². The van der Waals surface area contributed by atoms with Crippen molar-refractivity contribution < 1.29 is 33.7 Å². The molecule has 0 spiro atoms. The molecule has 10 nitrogen and oxygen atoms in total. The number of carboxylic acid groups (broad SMARTS) is 1. The fourth-order valence-corrected chi connectivity index (χ4v) is 3.11. The Labute approximate surface area is 211 Å². The van der Waals surface area contributed by atoms with Crippen molar-refractivity contribution >= 4 is 40.1 Å². The van der Waals surface area contributed by atoms with E-state index in [1.54, 1.807) is 39.0 Å². The molecule has 0 aromatic heterocycles. The number of rotatable bonds is 11. The standard InChI is InChI=1S/C24H28BrN3O7/c1-24(2,3)35-23(32)27-19(14-33-13-16-7-5-4-6-8-16)22(31)28-26-12-17-9-10-20(18(25)11-17)34-15-21(29)30/h4-12,19H,13-15H2,1-3H3,(H,27,32)(H,28,31)(H,29,30)/b26-12-/t19-/m0/s1. The summed E-state index contributed by atoms with van der Waals surface area (Å²) in [4.78, 5) is 35.5. The molecular weight excluding hydrogens is 522 g/mol.